The summed E-state index contributed by atoms with van der Waals surface area (Å²) in [5, 5.41) is 12.4. The lowest BCUT2D eigenvalue weighted by Crippen LogP contribution is -2.39. The Morgan fingerprint density at radius 3 is 3.00 bits per heavy atom. The minimum Gasteiger partial charge on any atom is -0.410 e. The van der Waals surface area contributed by atoms with E-state index in [1.54, 1.807) is 6.92 Å². The lowest BCUT2D eigenvalue weighted by molar-refractivity contribution is -0.120. The fraction of sp³-hybridized carbons (Fsp3) is 0.462. The molecule has 0 spiro atoms. The fourth-order valence-corrected chi connectivity index (χ4v) is 5.20. The number of amides is 1. The molecule has 0 aliphatic carbocycles. The summed E-state index contributed by atoms with van der Waals surface area (Å²) in [6, 6.07) is 3.46. The molecule has 1 amide bonds. The van der Waals surface area contributed by atoms with E-state index < -0.39 is 15.1 Å². The van der Waals surface area contributed by atoms with Gasteiger partial charge in [0.1, 0.15) is 0 Å². The van der Waals surface area contributed by atoms with Crippen molar-refractivity contribution in [3.05, 3.63) is 17.5 Å². The second-order valence-corrected chi connectivity index (χ2v) is 9.69. The molecule has 0 unspecified atom stereocenters. The van der Waals surface area contributed by atoms with E-state index in [9.17, 15) is 13.2 Å². The van der Waals surface area contributed by atoms with Crippen molar-refractivity contribution < 1.29 is 17.6 Å². The molecular formula is C13H15N3O4S3. The maximum absolute atomic E-state index is 12.1. The molecule has 0 radical (unpaired) electrons. The third kappa shape index (κ3) is 4.12. The number of sulfone groups is 1. The minimum atomic E-state index is -3.01. The fourth-order valence-electron chi connectivity index (χ4n) is 2.19. The van der Waals surface area contributed by atoms with E-state index >= 15 is 0 Å². The first-order valence-corrected chi connectivity index (χ1v) is 10.6. The van der Waals surface area contributed by atoms with E-state index in [0.717, 1.165) is 16.6 Å². The van der Waals surface area contributed by atoms with Gasteiger partial charge in [-0.1, -0.05) is 17.8 Å². The second kappa shape index (κ2) is 6.62. The van der Waals surface area contributed by atoms with Crippen LogP contribution in [-0.2, 0) is 14.6 Å². The number of carbonyl (C=O) groups excluding carboxylic acids is 1. The van der Waals surface area contributed by atoms with Crippen molar-refractivity contribution in [3.63, 3.8) is 0 Å². The van der Waals surface area contributed by atoms with Gasteiger partial charge in [0.15, 0.2) is 9.84 Å². The number of nitrogens with one attached hydrogen (secondary N) is 1. The molecule has 1 fully saturated rings. The van der Waals surface area contributed by atoms with E-state index in [-0.39, 0.29) is 23.5 Å². The molecule has 1 aliphatic heterocycles. The van der Waals surface area contributed by atoms with Crippen molar-refractivity contribution in [3.8, 4) is 10.8 Å². The van der Waals surface area contributed by atoms with E-state index in [1.807, 2.05) is 17.5 Å². The molecule has 2 aromatic rings. The van der Waals surface area contributed by atoms with Crippen molar-refractivity contribution in [1.82, 2.24) is 15.5 Å². The third-order valence-corrected chi connectivity index (χ3v) is 6.92. The van der Waals surface area contributed by atoms with Crippen LogP contribution in [0, 0.1) is 0 Å². The zero-order valence-electron chi connectivity index (χ0n) is 12.3. The monoisotopic (exact) mass is 373 g/mol. The molecule has 124 valence electrons. The van der Waals surface area contributed by atoms with Crippen LogP contribution in [0.4, 0.5) is 0 Å². The predicted molar refractivity (Wildman–Crippen MR) is 88.1 cm³/mol. The Kier molecular flexibility index (Phi) is 4.74. The summed E-state index contributed by atoms with van der Waals surface area (Å²) in [6.07, 6.45) is 0.467. The molecule has 0 bridgehead atoms. The number of aromatic nitrogens is 2. The highest BCUT2D eigenvalue weighted by Crippen LogP contribution is 2.28. The minimum absolute atomic E-state index is 0.0131. The van der Waals surface area contributed by atoms with Crippen molar-refractivity contribution >= 4 is 38.8 Å². The summed E-state index contributed by atoms with van der Waals surface area (Å²) in [5.41, 5.74) is 0. The van der Waals surface area contributed by atoms with Gasteiger partial charge in [0.2, 0.25) is 5.91 Å². The largest absolute Gasteiger partial charge is 0.410 e. The van der Waals surface area contributed by atoms with Crippen molar-refractivity contribution in [2.24, 2.45) is 0 Å². The summed E-state index contributed by atoms with van der Waals surface area (Å²) in [6.45, 7) is 1.72. The highest BCUT2D eigenvalue weighted by atomic mass is 32.2. The van der Waals surface area contributed by atoms with Gasteiger partial charge in [-0.2, -0.15) is 0 Å². The van der Waals surface area contributed by atoms with E-state index in [4.69, 9.17) is 4.42 Å². The van der Waals surface area contributed by atoms with Gasteiger partial charge in [0.05, 0.1) is 21.6 Å². The normalized spacial score (nSPS) is 21.2. The van der Waals surface area contributed by atoms with Gasteiger partial charge in [-0.3, -0.25) is 4.79 Å². The number of rotatable bonds is 5. The molecule has 7 nitrogen and oxygen atoms in total. The average molecular weight is 373 g/mol. The second-order valence-electron chi connectivity index (χ2n) is 5.22. The first-order chi connectivity index (χ1) is 10.9. The Morgan fingerprint density at radius 2 is 2.35 bits per heavy atom. The van der Waals surface area contributed by atoms with Gasteiger partial charge in [-0.25, -0.2) is 8.42 Å². The molecule has 3 rings (SSSR count). The van der Waals surface area contributed by atoms with Crippen LogP contribution in [0.25, 0.3) is 10.8 Å². The summed E-state index contributed by atoms with van der Waals surface area (Å²) in [7, 11) is -3.01. The first-order valence-electron chi connectivity index (χ1n) is 6.98. The number of thioether (sulfide) groups is 1. The average Bonchev–Trinajstić information content (AvgIpc) is 3.19. The summed E-state index contributed by atoms with van der Waals surface area (Å²) < 4.78 is 28.3. The van der Waals surface area contributed by atoms with E-state index in [1.165, 1.54) is 11.3 Å². The maximum Gasteiger partial charge on any atom is 0.277 e. The summed E-state index contributed by atoms with van der Waals surface area (Å²) in [4.78, 5) is 13.0. The van der Waals surface area contributed by atoms with Gasteiger partial charge in [0.25, 0.3) is 11.1 Å². The quantitative estimate of drug-likeness (QED) is 0.794. The molecule has 2 aromatic heterocycles. The van der Waals surface area contributed by atoms with Crippen LogP contribution < -0.4 is 5.32 Å². The molecule has 1 aliphatic rings. The summed E-state index contributed by atoms with van der Waals surface area (Å²) in [5.74, 6) is 0.344. The molecule has 0 saturated carbocycles. The van der Waals surface area contributed by atoms with Crippen molar-refractivity contribution in [1.29, 1.82) is 0 Å². The number of carbonyl (C=O) groups is 1. The van der Waals surface area contributed by atoms with Gasteiger partial charge < -0.3 is 9.73 Å². The van der Waals surface area contributed by atoms with Crippen LogP contribution in [0.1, 0.15) is 13.3 Å². The molecule has 3 heterocycles. The van der Waals surface area contributed by atoms with Crippen LogP contribution in [0.5, 0.6) is 0 Å². The van der Waals surface area contributed by atoms with Gasteiger partial charge >= 0.3 is 0 Å². The lowest BCUT2D eigenvalue weighted by Gasteiger charge is -2.14. The number of nitrogens with zero attached hydrogens (tertiary/aromatic N) is 2. The molecule has 2 atom stereocenters. The Balaban J connectivity index is 1.56. The van der Waals surface area contributed by atoms with Crippen LogP contribution in [0.3, 0.4) is 0 Å². The van der Waals surface area contributed by atoms with Gasteiger partial charge in [-0.15, -0.1) is 21.5 Å². The maximum atomic E-state index is 12.1. The molecular weight excluding hydrogens is 358 g/mol. The van der Waals surface area contributed by atoms with Crippen LogP contribution in [-0.4, -0.2) is 47.3 Å². The molecule has 0 aromatic carbocycles. The van der Waals surface area contributed by atoms with Crippen molar-refractivity contribution in [2.75, 3.05) is 11.5 Å². The zero-order valence-corrected chi connectivity index (χ0v) is 14.7. The van der Waals surface area contributed by atoms with Crippen LogP contribution in [0.2, 0.25) is 0 Å². The third-order valence-electron chi connectivity index (χ3n) is 3.36. The number of thiophene rings is 1. The Bertz CT molecular complexity index is 785. The lowest BCUT2D eigenvalue weighted by atomic mass is 10.2. The molecule has 1 N–H and O–H groups in total. The number of hydrogen-bond donors (Lipinski definition) is 1. The topological polar surface area (TPSA) is 102 Å². The van der Waals surface area contributed by atoms with Crippen molar-refractivity contribution in [2.45, 2.75) is 29.9 Å². The van der Waals surface area contributed by atoms with Gasteiger partial charge in [-0.05, 0) is 24.8 Å². The SMILES string of the molecule is C[C@H](Sc1nnc(-c2cccs2)o1)C(=O)N[C@@H]1CCS(=O)(=O)C1. The molecule has 10 heteroatoms. The first kappa shape index (κ1) is 16.5. The Morgan fingerprint density at radius 1 is 1.52 bits per heavy atom. The molecule has 1 saturated heterocycles. The Hall–Kier alpha value is -1.39. The van der Waals surface area contributed by atoms with E-state index in [0.29, 0.717) is 17.5 Å². The van der Waals surface area contributed by atoms with Crippen LogP contribution in [0.15, 0.2) is 27.2 Å². The van der Waals surface area contributed by atoms with Gasteiger partial charge in [0, 0.05) is 6.04 Å². The van der Waals surface area contributed by atoms with Crippen LogP contribution >= 0.6 is 23.1 Å². The summed E-state index contributed by atoms with van der Waals surface area (Å²) >= 11 is 2.65. The zero-order chi connectivity index (χ0) is 16.4. The van der Waals surface area contributed by atoms with E-state index in [2.05, 4.69) is 15.5 Å². The smallest absolute Gasteiger partial charge is 0.277 e. The Labute approximate surface area is 141 Å². The molecule has 23 heavy (non-hydrogen) atoms. The predicted octanol–water partition coefficient (Wildman–Crippen LogP) is 1.58. The number of hydrogen-bond acceptors (Lipinski definition) is 8. The standard InChI is InChI=1S/C13H15N3O4S3/c1-8(11(17)14-9-4-6-23(18,19)7-9)22-13-16-15-12(20-13)10-3-2-5-21-10/h2-3,5,8-9H,4,6-7H2,1H3,(H,14,17)/t8-,9+/m0/s1. The highest BCUT2D eigenvalue weighted by molar-refractivity contribution is 8.00. The highest BCUT2D eigenvalue weighted by Gasteiger charge is 2.30.